The second-order valence-electron chi connectivity index (χ2n) is 5.62. The lowest BCUT2D eigenvalue weighted by Gasteiger charge is -2.33. The maximum atomic E-state index is 12.1. The van der Waals surface area contributed by atoms with Crippen molar-refractivity contribution in [3.05, 3.63) is 35.9 Å². The summed E-state index contributed by atoms with van der Waals surface area (Å²) in [5, 5.41) is 0. The summed E-state index contributed by atoms with van der Waals surface area (Å²) in [7, 11) is 0. The molecule has 0 aromatic heterocycles. The normalized spacial score (nSPS) is 19.1. The Bertz CT molecular complexity index is 407. The number of amides is 1. The van der Waals surface area contributed by atoms with E-state index in [-0.39, 0.29) is 0 Å². The van der Waals surface area contributed by atoms with Crippen molar-refractivity contribution in [2.45, 2.75) is 32.1 Å². The van der Waals surface area contributed by atoms with Crippen LogP contribution >= 0.6 is 11.8 Å². The highest BCUT2D eigenvalue weighted by atomic mass is 32.2. The SMILES string of the molecule is CSCCC(=O)N1CCCC(CCc2ccccc2)C1. The smallest absolute Gasteiger partial charge is 0.223 e. The van der Waals surface area contributed by atoms with Crippen LogP contribution in [0.1, 0.15) is 31.2 Å². The Morgan fingerprint density at radius 2 is 2.15 bits per heavy atom. The zero-order valence-electron chi connectivity index (χ0n) is 12.4. The van der Waals surface area contributed by atoms with Gasteiger partial charge in [-0.05, 0) is 43.4 Å². The lowest BCUT2D eigenvalue weighted by Crippen LogP contribution is -2.40. The minimum Gasteiger partial charge on any atom is -0.342 e. The fourth-order valence-corrected chi connectivity index (χ4v) is 3.27. The van der Waals surface area contributed by atoms with E-state index in [1.807, 2.05) is 0 Å². The van der Waals surface area contributed by atoms with Crippen LogP contribution in [0.15, 0.2) is 30.3 Å². The number of piperidine rings is 1. The molecular formula is C17H25NOS. The third-order valence-corrected chi connectivity index (χ3v) is 4.69. The molecule has 1 fully saturated rings. The highest BCUT2D eigenvalue weighted by Crippen LogP contribution is 2.22. The number of carbonyl (C=O) groups is 1. The van der Waals surface area contributed by atoms with Gasteiger partial charge in [-0.2, -0.15) is 11.8 Å². The zero-order valence-corrected chi connectivity index (χ0v) is 13.2. The summed E-state index contributed by atoms with van der Waals surface area (Å²) < 4.78 is 0. The van der Waals surface area contributed by atoms with E-state index in [1.165, 1.54) is 24.8 Å². The number of rotatable bonds is 6. The third kappa shape index (κ3) is 4.86. The van der Waals surface area contributed by atoms with E-state index in [0.717, 1.165) is 25.3 Å². The van der Waals surface area contributed by atoms with Crippen molar-refractivity contribution >= 4 is 17.7 Å². The average Bonchev–Trinajstić information content (AvgIpc) is 2.52. The first-order valence-corrected chi connectivity index (χ1v) is 8.99. The number of likely N-dealkylation sites (tertiary alicyclic amines) is 1. The molecule has 0 radical (unpaired) electrons. The molecule has 3 heteroatoms. The second kappa shape index (κ2) is 8.35. The standard InChI is InChI=1S/C17H25NOS/c1-20-13-11-17(19)18-12-5-8-16(14-18)10-9-15-6-3-2-4-7-15/h2-4,6-7,16H,5,8-14H2,1H3. The van der Waals surface area contributed by atoms with E-state index in [2.05, 4.69) is 41.5 Å². The number of carbonyl (C=O) groups excluding carboxylic acids is 1. The Kier molecular flexibility index (Phi) is 6.44. The van der Waals surface area contributed by atoms with Crippen molar-refractivity contribution in [3.63, 3.8) is 0 Å². The predicted molar refractivity (Wildman–Crippen MR) is 87.1 cm³/mol. The van der Waals surface area contributed by atoms with Gasteiger partial charge in [0.05, 0.1) is 0 Å². The van der Waals surface area contributed by atoms with Gasteiger partial charge in [0.2, 0.25) is 5.91 Å². The number of benzene rings is 1. The molecule has 1 heterocycles. The van der Waals surface area contributed by atoms with Gasteiger partial charge in [-0.25, -0.2) is 0 Å². The van der Waals surface area contributed by atoms with E-state index < -0.39 is 0 Å². The molecule has 2 nitrogen and oxygen atoms in total. The van der Waals surface area contributed by atoms with Gasteiger partial charge in [0.1, 0.15) is 0 Å². The summed E-state index contributed by atoms with van der Waals surface area (Å²) >= 11 is 1.75. The molecule has 1 amide bonds. The number of hydrogen-bond acceptors (Lipinski definition) is 2. The Morgan fingerprint density at radius 1 is 1.35 bits per heavy atom. The molecule has 0 N–H and O–H groups in total. The second-order valence-corrected chi connectivity index (χ2v) is 6.60. The number of hydrogen-bond donors (Lipinski definition) is 0. The van der Waals surface area contributed by atoms with Gasteiger partial charge in [0, 0.05) is 25.3 Å². The molecule has 1 saturated heterocycles. The molecule has 1 atom stereocenters. The molecule has 2 rings (SSSR count). The number of thioether (sulfide) groups is 1. The summed E-state index contributed by atoms with van der Waals surface area (Å²) in [5.74, 6) is 1.98. The largest absolute Gasteiger partial charge is 0.342 e. The molecule has 0 aliphatic carbocycles. The van der Waals surface area contributed by atoms with Gasteiger partial charge < -0.3 is 4.90 Å². The monoisotopic (exact) mass is 291 g/mol. The minimum atomic E-state index is 0.351. The van der Waals surface area contributed by atoms with Crippen LogP contribution in [0.4, 0.5) is 0 Å². The summed E-state index contributed by atoms with van der Waals surface area (Å²) in [6.45, 7) is 1.94. The fourth-order valence-electron chi connectivity index (χ4n) is 2.89. The van der Waals surface area contributed by atoms with E-state index >= 15 is 0 Å². The summed E-state index contributed by atoms with van der Waals surface area (Å²) in [6.07, 6.45) is 7.55. The highest BCUT2D eigenvalue weighted by molar-refractivity contribution is 7.98. The van der Waals surface area contributed by atoms with Gasteiger partial charge in [-0.3, -0.25) is 4.79 Å². The quantitative estimate of drug-likeness (QED) is 0.798. The van der Waals surface area contributed by atoms with Crippen LogP contribution in [0.5, 0.6) is 0 Å². The first-order valence-electron chi connectivity index (χ1n) is 7.60. The average molecular weight is 291 g/mol. The van der Waals surface area contributed by atoms with Crippen LogP contribution in [0, 0.1) is 5.92 Å². The Balaban J connectivity index is 1.77. The maximum Gasteiger partial charge on any atom is 0.223 e. The van der Waals surface area contributed by atoms with Gasteiger partial charge in [-0.15, -0.1) is 0 Å². The summed E-state index contributed by atoms with van der Waals surface area (Å²) in [6, 6.07) is 10.7. The molecule has 0 saturated carbocycles. The van der Waals surface area contributed by atoms with Crippen LogP contribution in [0.2, 0.25) is 0 Å². The summed E-state index contributed by atoms with van der Waals surface area (Å²) in [4.78, 5) is 14.2. The molecule has 0 spiro atoms. The molecule has 1 aromatic rings. The van der Waals surface area contributed by atoms with Crippen LogP contribution in [-0.4, -0.2) is 35.9 Å². The molecule has 20 heavy (non-hydrogen) atoms. The van der Waals surface area contributed by atoms with Crippen LogP contribution < -0.4 is 0 Å². The molecule has 1 aromatic carbocycles. The van der Waals surface area contributed by atoms with Gasteiger partial charge >= 0.3 is 0 Å². The lowest BCUT2D eigenvalue weighted by atomic mass is 9.91. The molecule has 1 aliphatic rings. The molecule has 0 bridgehead atoms. The Morgan fingerprint density at radius 3 is 2.90 bits per heavy atom. The third-order valence-electron chi connectivity index (χ3n) is 4.08. The van der Waals surface area contributed by atoms with Gasteiger partial charge in [0.15, 0.2) is 0 Å². The van der Waals surface area contributed by atoms with Crippen molar-refractivity contribution in [2.75, 3.05) is 25.1 Å². The number of nitrogens with zero attached hydrogens (tertiary/aromatic N) is 1. The molecule has 110 valence electrons. The molecule has 1 unspecified atom stereocenters. The molecular weight excluding hydrogens is 266 g/mol. The van der Waals surface area contributed by atoms with E-state index in [9.17, 15) is 4.79 Å². The lowest BCUT2D eigenvalue weighted by molar-refractivity contribution is -0.132. The topological polar surface area (TPSA) is 20.3 Å². The van der Waals surface area contributed by atoms with E-state index in [1.54, 1.807) is 11.8 Å². The van der Waals surface area contributed by atoms with E-state index in [4.69, 9.17) is 0 Å². The van der Waals surface area contributed by atoms with Crippen molar-refractivity contribution in [2.24, 2.45) is 5.92 Å². The predicted octanol–water partition coefficient (Wildman–Crippen LogP) is 3.61. The Hall–Kier alpha value is -0.960. The Labute approximate surface area is 126 Å². The fraction of sp³-hybridized carbons (Fsp3) is 0.588. The van der Waals surface area contributed by atoms with E-state index in [0.29, 0.717) is 18.2 Å². The first kappa shape index (κ1) is 15.4. The van der Waals surface area contributed by atoms with Crippen molar-refractivity contribution in [1.29, 1.82) is 0 Å². The molecule has 1 aliphatic heterocycles. The van der Waals surface area contributed by atoms with Crippen molar-refractivity contribution in [3.8, 4) is 0 Å². The summed E-state index contributed by atoms with van der Waals surface area (Å²) in [5.41, 5.74) is 1.42. The van der Waals surface area contributed by atoms with Crippen molar-refractivity contribution in [1.82, 2.24) is 4.90 Å². The van der Waals surface area contributed by atoms with Crippen LogP contribution in [-0.2, 0) is 11.2 Å². The van der Waals surface area contributed by atoms with Gasteiger partial charge in [0.25, 0.3) is 0 Å². The van der Waals surface area contributed by atoms with Crippen molar-refractivity contribution < 1.29 is 4.79 Å². The van der Waals surface area contributed by atoms with Crippen LogP contribution in [0.25, 0.3) is 0 Å². The minimum absolute atomic E-state index is 0.351. The maximum absolute atomic E-state index is 12.1. The van der Waals surface area contributed by atoms with Crippen LogP contribution in [0.3, 0.4) is 0 Å². The highest BCUT2D eigenvalue weighted by Gasteiger charge is 2.22. The zero-order chi connectivity index (χ0) is 14.2. The van der Waals surface area contributed by atoms with Gasteiger partial charge in [-0.1, -0.05) is 30.3 Å². The first-order chi connectivity index (χ1) is 9.79. The number of aryl methyl sites for hydroxylation is 1.